The fourth-order valence-corrected chi connectivity index (χ4v) is 3.26. The van der Waals surface area contributed by atoms with E-state index in [9.17, 15) is 24.0 Å². The predicted octanol–water partition coefficient (Wildman–Crippen LogP) is 0.117. The molecular formula is C22H34N2O10. The molecule has 0 aromatic carbocycles. The van der Waals surface area contributed by atoms with E-state index in [1.54, 1.807) is 0 Å². The van der Waals surface area contributed by atoms with E-state index in [0.29, 0.717) is 6.42 Å². The van der Waals surface area contributed by atoms with E-state index < -0.39 is 60.9 Å². The van der Waals surface area contributed by atoms with Gasteiger partial charge in [-0.3, -0.25) is 19.2 Å². The number of ether oxygens (including phenoxy) is 5. The maximum atomic E-state index is 12.6. The molecule has 12 nitrogen and oxygen atoms in total. The summed E-state index contributed by atoms with van der Waals surface area (Å²) in [6, 6.07) is -1.95. The molecule has 0 spiro atoms. The summed E-state index contributed by atoms with van der Waals surface area (Å²) in [4.78, 5) is 59.8. The Bertz CT molecular complexity index is 795. The Morgan fingerprint density at radius 2 is 1.68 bits per heavy atom. The Labute approximate surface area is 198 Å². The molecule has 0 aliphatic carbocycles. The Hall–Kier alpha value is -3.15. The summed E-state index contributed by atoms with van der Waals surface area (Å²) in [6.45, 7) is 6.82. The van der Waals surface area contributed by atoms with E-state index in [1.807, 2.05) is 13.8 Å². The van der Waals surface area contributed by atoms with Crippen LogP contribution < -0.4 is 11.1 Å². The van der Waals surface area contributed by atoms with Gasteiger partial charge in [0.15, 0.2) is 18.3 Å². The number of hydrogen-bond acceptors (Lipinski definition) is 11. The fourth-order valence-electron chi connectivity index (χ4n) is 3.26. The maximum absolute atomic E-state index is 12.6. The Balaban J connectivity index is 3.41. The first kappa shape index (κ1) is 28.9. The third-order valence-corrected chi connectivity index (χ3v) is 4.80. The van der Waals surface area contributed by atoms with E-state index in [4.69, 9.17) is 29.4 Å². The van der Waals surface area contributed by atoms with E-state index >= 15 is 0 Å². The van der Waals surface area contributed by atoms with Crippen molar-refractivity contribution in [2.75, 3.05) is 13.7 Å². The van der Waals surface area contributed by atoms with E-state index in [2.05, 4.69) is 5.32 Å². The molecule has 0 aromatic heterocycles. The molecule has 0 radical (unpaired) electrons. The molecule has 0 bridgehead atoms. The van der Waals surface area contributed by atoms with Gasteiger partial charge in [0.25, 0.3) is 0 Å². The van der Waals surface area contributed by atoms with Gasteiger partial charge in [-0.1, -0.05) is 13.8 Å². The molecule has 5 atom stereocenters. The highest BCUT2D eigenvalue weighted by molar-refractivity contribution is 5.86. The number of methoxy groups -OCH3 is 1. The second-order valence-electron chi connectivity index (χ2n) is 8.23. The molecule has 34 heavy (non-hydrogen) atoms. The standard InChI is InChI=1S/C22H34N2O10/c1-11(2)7-8-18(28)24-19-15(23)9-16(22(29)30-6)34-21(19)20(33-14(5)27)17(32-13(4)26)10-31-12(3)25/h9,11,15,17,19-21H,7-8,10,23H2,1-6H3,(H,24,28)/t15-,17+,19+,20+,21+/m0/s1. The zero-order valence-corrected chi connectivity index (χ0v) is 20.3. The van der Waals surface area contributed by atoms with Crippen LogP contribution in [0, 0.1) is 5.92 Å². The number of carbonyl (C=O) groups is 5. The van der Waals surface area contributed by atoms with Gasteiger partial charge in [-0.2, -0.15) is 0 Å². The molecule has 192 valence electrons. The maximum Gasteiger partial charge on any atom is 0.373 e. The van der Waals surface area contributed by atoms with Gasteiger partial charge >= 0.3 is 23.9 Å². The summed E-state index contributed by atoms with van der Waals surface area (Å²) in [5.41, 5.74) is 6.24. The van der Waals surface area contributed by atoms with Crippen molar-refractivity contribution in [1.29, 1.82) is 0 Å². The molecule has 1 amide bonds. The lowest BCUT2D eigenvalue weighted by Gasteiger charge is -2.41. The molecule has 3 N–H and O–H groups in total. The summed E-state index contributed by atoms with van der Waals surface area (Å²) >= 11 is 0. The van der Waals surface area contributed by atoms with Crippen LogP contribution in [0.5, 0.6) is 0 Å². The number of nitrogens with two attached hydrogens (primary N) is 1. The van der Waals surface area contributed by atoms with Crippen LogP contribution in [-0.2, 0) is 47.7 Å². The molecule has 1 aliphatic rings. The molecule has 1 heterocycles. The predicted molar refractivity (Wildman–Crippen MR) is 117 cm³/mol. The third kappa shape index (κ3) is 9.38. The second-order valence-corrected chi connectivity index (χ2v) is 8.23. The minimum Gasteiger partial charge on any atom is -0.477 e. The van der Waals surface area contributed by atoms with Crippen LogP contribution in [0.4, 0.5) is 0 Å². The van der Waals surface area contributed by atoms with Gasteiger partial charge in [0.2, 0.25) is 11.7 Å². The van der Waals surface area contributed by atoms with Crippen molar-refractivity contribution in [2.45, 2.75) is 77.9 Å². The first-order chi connectivity index (χ1) is 15.8. The molecule has 12 heteroatoms. The topological polar surface area (TPSA) is 170 Å². The van der Waals surface area contributed by atoms with Crippen LogP contribution in [0.25, 0.3) is 0 Å². The molecule has 0 saturated heterocycles. The summed E-state index contributed by atoms with van der Waals surface area (Å²) in [6.07, 6.45) is -1.95. The van der Waals surface area contributed by atoms with Gasteiger partial charge in [-0.25, -0.2) is 4.79 Å². The van der Waals surface area contributed by atoms with Crippen molar-refractivity contribution >= 4 is 29.8 Å². The zero-order chi connectivity index (χ0) is 26.0. The fraction of sp³-hybridized carbons (Fsp3) is 0.682. The number of esters is 4. The van der Waals surface area contributed by atoms with Crippen molar-refractivity contribution in [2.24, 2.45) is 11.7 Å². The van der Waals surface area contributed by atoms with Gasteiger partial charge in [-0.05, 0) is 18.4 Å². The molecular weight excluding hydrogens is 452 g/mol. The third-order valence-electron chi connectivity index (χ3n) is 4.80. The Kier molecular flexibility index (Phi) is 11.5. The van der Waals surface area contributed by atoms with Gasteiger partial charge in [0.1, 0.15) is 6.61 Å². The molecule has 1 rings (SSSR count). The van der Waals surface area contributed by atoms with Gasteiger partial charge in [-0.15, -0.1) is 0 Å². The van der Waals surface area contributed by atoms with Crippen molar-refractivity contribution in [3.63, 3.8) is 0 Å². The van der Waals surface area contributed by atoms with Crippen LogP contribution in [-0.4, -0.2) is 73.9 Å². The first-order valence-electron chi connectivity index (χ1n) is 10.8. The monoisotopic (exact) mass is 486 g/mol. The number of carbonyl (C=O) groups excluding carboxylic acids is 5. The normalized spacial score (nSPS) is 21.3. The van der Waals surface area contributed by atoms with Crippen LogP contribution in [0.1, 0.15) is 47.5 Å². The Morgan fingerprint density at radius 3 is 2.18 bits per heavy atom. The lowest BCUT2D eigenvalue weighted by Crippen LogP contribution is -2.63. The smallest absolute Gasteiger partial charge is 0.373 e. The summed E-state index contributed by atoms with van der Waals surface area (Å²) in [5.74, 6) is -3.40. The van der Waals surface area contributed by atoms with Crippen molar-refractivity contribution in [3.05, 3.63) is 11.8 Å². The second kappa shape index (κ2) is 13.5. The average molecular weight is 487 g/mol. The van der Waals surface area contributed by atoms with Crippen LogP contribution in [0.15, 0.2) is 11.8 Å². The largest absolute Gasteiger partial charge is 0.477 e. The number of rotatable bonds is 11. The van der Waals surface area contributed by atoms with Gasteiger partial charge in [0, 0.05) is 27.2 Å². The quantitative estimate of drug-likeness (QED) is 0.300. The zero-order valence-electron chi connectivity index (χ0n) is 20.3. The molecule has 0 unspecified atom stereocenters. The Morgan fingerprint density at radius 1 is 1.06 bits per heavy atom. The van der Waals surface area contributed by atoms with Gasteiger partial charge < -0.3 is 34.7 Å². The highest BCUT2D eigenvalue weighted by atomic mass is 16.6. The van der Waals surface area contributed by atoms with Gasteiger partial charge in [0.05, 0.1) is 19.2 Å². The lowest BCUT2D eigenvalue weighted by atomic mass is 9.92. The molecule has 1 aliphatic heterocycles. The summed E-state index contributed by atoms with van der Waals surface area (Å²) in [7, 11) is 1.14. The SMILES string of the molecule is COC(=O)C1=C[C@H](N)[C@@H](NC(=O)CCC(C)C)[C@H]([C@H](OC(C)=O)[C@@H](COC(C)=O)OC(C)=O)O1. The average Bonchev–Trinajstić information content (AvgIpc) is 2.73. The van der Waals surface area contributed by atoms with Crippen LogP contribution >= 0.6 is 0 Å². The number of hydrogen-bond donors (Lipinski definition) is 2. The number of amides is 1. The molecule has 0 fully saturated rings. The van der Waals surface area contributed by atoms with E-state index in [0.717, 1.165) is 27.9 Å². The minimum atomic E-state index is -1.41. The molecule has 0 saturated carbocycles. The molecule has 0 aromatic rings. The van der Waals surface area contributed by atoms with Crippen molar-refractivity contribution in [1.82, 2.24) is 5.32 Å². The van der Waals surface area contributed by atoms with Crippen LogP contribution in [0.2, 0.25) is 0 Å². The lowest BCUT2D eigenvalue weighted by molar-refractivity contribution is -0.188. The highest BCUT2D eigenvalue weighted by Crippen LogP contribution is 2.26. The number of nitrogens with one attached hydrogen (secondary N) is 1. The van der Waals surface area contributed by atoms with Crippen molar-refractivity contribution < 1.29 is 47.7 Å². The summed E-state index contributed by atoms with van der Waals surface area (Å²) < 4.78 is 26.1. The first-order valence-corrected chi connectivity index (χ1v) is 10.8. The van der Waals surface area contributed by atoms with E-state index in [-0.39, 0.29) is 24.0 Å². The highest BCUT2D eigenvalue weighted by Gasteiger charge is 2.47. The minimum absolute atomic E-state index is 0.195. The van der Waals surface area contributed by atoms with Crippen LogP contribution in [0.3, 0.4) is 0 Å². The van der Waals surface area contributed by atoms with E-state index in [1.165, 1.54) is 6.08 Å². The summed E-state index contributed by atoms with van der Waals surface area (Å²) in [5, 5.41) is 2.75. The van der Waals surface area contributed by atoms with Crippen molar-refractivity contribution in [3.8, 4) is 0 Å².